The summed E-state index contributed by atoms with van der Waals surface area (Å²) in [6.07, 6.45) is 3.84. The summed E-state index contributed by atoms with van der Waals surface area (Å²) < 4.78 is 13.0. The van der Waals surface area contributed by atoms with E-state index in [1.165, 1.54) is 12.1 Å². The first-order valence-corrected chi connectivity index (χ1v) is 9.64. The molecule has 1 amide bonds. The maximum absolute atomic E-state index is 13.0. The third-order valence-corrected chi connectivity index (χ3v) is 4.70. The minimum atomic E-state index is -0.258. The van der Waals surface area contributed by atoms with Gasteiger partial charge in [-0.2, -0.15) is 0 Å². The molecule has 2 N–H and O–H groups in total. The Morgan fingerprint density at radius 2 is 1.79 bits per heavy atom. The van der Waals surface area contributed by atoms with Gasteiger partial charge >= 0.3 is 0 Å². The highest BCUT2D eigenvalue weighted by Crippen LogP contribution is 2.10. The predicted molar refractivity (Wildman–Crippen MR) is 110 cm³/mol. The van der Waals surface area contributed by atoms with E-state index in [0.717, 1.165) is 18.7 Å². The molecule has 0 saturated carbocycles. The van der Waals surface area contributed by atoms with Crippen molar-refractivity contribution in [2.75, 3.05) is 44.7 Å². The van der Waals surface area contributed by atoms with Crippen LogP contribution in [0.3, 0.4) is 0 Å². The molecule has 1 aliphatic rings. The molecule has 0 unspecified atom stereocenters. The fourth-order valence-electron chi connectivity index (χ4n) is 3.06. The van der Waals surface area contributed by atoms with Crippen molar-refractivity contribution in [2.45, 2.75) is 13.0 Å². The molecule has 9 heteroatoms. The van der Waals surface area contributed by atoms with Crippen molar-refractivity contribution in [2.24, 2.45) is 4.99 Å². The van der Waals surface area contributed by atoms with Gasteiger partial charge in [0.1, 0.15) is 5.82 Å². The van der Waals surface area contributed by atoms with Crippen molar-refractivity contribution in [3.63, 3.8) is 0 Å². The number of hydrogen-bond acceptors (Lipinski definition) is 5. The molecule has 8 nitrogen and oxygen atoms in total. The Kier molecular flexibility index (Phi) is 7.32. The Hall–Kier alpha value is -3.23. The highest BCUT2D eigenvalue weighted by molar-refractivity contribution is 5.81. The summed E-state index contributed by atoms with van der Waals surface area (Å²) in [6, 6.07) is 8.09. The van der Waals surface area contributed by atoms with Gasteiger partial charge in [0.15, 0.2) is 5.96 Å². The van der Waals surface area contributed by atoms with Gasteiger partial charge in [0.2, 0.25) is 11.9 Å². The van der Waals surface area contributed by atoms with Crippen molar-refractivity contribution in [3.8, 4) is 0 Å². The highest BCUT2D eigenvalue weighted by atomic mass is 19.1. The molecule has 1 fully saturated rings. The van der Waals surface area contributed by atoms with Gasteiger partial charge in [-0.1, -0.05) is 12.1 Å². The maximum Gasteiger partial charge on any atom is 0.225 e. The van der Waals surface area contributed by atoms with Gasteiger partial charge in [-0.25, -0.2) is 14.4 Å². The Morgan fingerprint density at radius 3 is 2.45 bits per heavy atom. The fourth-order valence-corrected chi connectivity index (χ4v) is 3.06. The molecular formula is C20H26FN7O. The molecule has 2 aromatic rings. The molecule has 1 aromatic heterocycles. The second kappa shape index (κ2) is 10.4. The monoisotopic (exact) mass is 399 g/mol. The van der Waals surface area contributed by atoms with Crippen LogP contribution in [0.2, 0.25) is 0 Å². The summed E-state index contributed by atoms with van der Waals surface area (Å²) >= 11 is 0. The van der Waals surface area contributed by atoms with Crippen LogP contribution in [0.15, 0.2) is 47.7 Å². The van der Waals surface area contributed by atoms with E-state index in [9.17, 15) is 9.18 Å². The molecule has 154 valence electrons. The summed E-state index contributed by atoms with van der Waals surface area (Å²) in [5.74, 6) is 1.16. The molecule has 29 heavy (non-hydrogen) atoms. The van der Waals surface area contributed by atoms with Crippen LogP contribution in [0, 0.1) is 5.82 Å². The molecule has 0 spiro atoms. The summed E-state index contributed by atoms with van der Waals surface area (Å²) in [5.41, 5.74) is 0.950. The minimum Gasteiger partial charge on any atom is -0.356 e. The zero-order chi connectivity index (χ0) is 20.5. The van der Waals surface area contributed by atoms with Gasteiger partial charge < -0.3 is 20.4 Å². The number of carbonyl (C=O) groups is 1. The van der Waals surface area contributed by atoms with Gasteiger partial charge in [-0.3, -0.25) is 9.79 Å². The average molecular weight is 399 g/mol. The number of guanidine groups is 1. The largest absolute Gasteiger partial charge is 0.356 e. The van der Waals surface area contributed by atoms with Gasteiger partial charge in [0.05, 0.1) is 0 Å². The van der Waals surface area contributed by atoms with Gasteiger partial charge in [0.25, 0.3) is 0 Å². The van der Waals surface area contributed by atoms with Crippen LogP contribution in [0.1, 0.15) is 12.0 Å². The quantitative estimate of drug-likeness (QED) is 0.557. The lowest BCUT2D eigenvalue weighted by Crippen LogP contribution is -2.50. The molecule has 0 radical (unpaired) electrons. The van der Waals surface area contributed by atoms with Crippen LogP contribution in [0.5, 0.6) is 0 Å². The summed E-state index contributed by atoms with van der Waals surface area (Å²) in [5, 5.41) is 6.30. The maximum atomic E-state index is 13.0. The number of aromatic nitrogens is 2. The van der Waals surface area contributed by atoms with E-state index in [0.29, 0.717) is 44.5 Å². The molecule has 0 aliphatic carbocycles. The molecule has 2 heterocycles. The number of amides is 1. The second-order valence-corrected chi connectivity index (χ2v) is 6.65. The third-order valence-electron chi connectivity index (χ3n) is 4.70. The van der Waals surface area contributed by atoms with Crippen LogP contribution >= 0.6 is 0 Å². The number of aliphatic imine (C=N–C) groups is 1. The lowest BCUT2D eigenvalue weighted by atomic mass is 10.2. The highest BCUT2D eigenvalue weighted by Gasteiger charge is 2.22. The predicted octanol–water partition coefficient (Wildman–Crippen LogP) is 1.02. The normalized spacial score (nSPS) is 14.6. The van der Waals surface area contributed by atoms with Crippen LogP contribution in [0.4, 0.5) is 10.3 Å². The van der Waals surface area contributed by atoms with E-state index in [1.807, 2.05) is 4.90 Å². The zero-order valence-corrected chi connectivity index (χ0v) is 16.5. The number of anilines is 1. The SMILES string of the molecule is CN=C(NCCC(=O)N1CCN(c2ncccn2)CC1)NCc1ccc(F)cc1. The first-order valence-electron chi connectivity index (χ1n) is 9.64. The van der Waals surface area contributed by atoms with Gasteiger partial charge in [-0.05, 0) is 23.8 Å². The third kappa shape index (κ3) is 6.13. The number of halogens is 1. The minimum absolute atomic E-state index is 0.111. The Bertz CT molecular complexity index is 805. The topological polar surface area (TPSA) is 85.8 Å². The van der Waals surface area contributed by atoms with E-state index in [4.69, 9.17) is 0 Å². The summed E-state index contributed by atoms with van der Waals surface area (Å²) in [7, 11) is 1.67. The van der Waals surface area contributed by atoms with Crippen LogP contribution in [-0.4, -0.2) is 66.5 Å². The summed E-state index contributed by atoms with van der Waals surface area (Å²) in [4.78, 5) is 29.1. The number of nitrogens with zero attached hydrogens (tertiary/aromatic N) is 5. The fraction of sp³-hybridized carbons (Fsp3) is 0.400. The second-order valence-electron chi connectivity index (χ2n) is 6.65. The number of rotatable bonds is 6. The molecular weight excluding hydrogens is 373 g/mol. The molecule has 1 aromatic carbocycles. The Morgan fingerprint density at radius 1 is 1.10 bits per heavy atom. The van der Waals surface area contributed by atoms with E-state index < -0.39 is 0 Å². The van der Waals surface area contributed by atoms with Crippen molar-refractivity contribution in [1.29, 1.82) is 0 Å². The molecule has 0 atom stereocenters. The standard InChI is InChI=1S/C20H26FN7O/c1-22-19(26-15-16-3-5-17(21)6-4-16)23-10-7-18(29)27-11-13-28(14-12-27)20-24-8-2-9-25-20/h2-6,8-9H,7,10-15H2,1H3,(H2,22,23,26). The lowest BCUT2D eigenvalue weighted by Gasteiger charge is -2.34. The van der Waals surface area contributed by atoms with E-state index in [-0.39, 0.29) is 11.7 Å². The van der Waals surface area contributed by atoms with Crippen LogP contribution < -0.4 is 15.5 Å². The number of hydrogen-bond donors (Lipinski definition) is 2. The Balaban J connectivity index is 1.36. The number of benzene rings is 1. The lowest BCUT2D eigenvalue weighted by molar-refractivity contribution is -0.131. The van der Waals surface area contributed by atoms with Crippen molar-refractivity contribution in [3.05, 3.63) is 54.1 Å². The summed E-state index contributed by atoms with van der Waals surface area (Å²) in [6.45, 7) is 3.79. The first-order chi connectivity index (χ1) is 14.2. The van der Waals surface area contributed by atoms with Crippen molar-refractivity contribution < 1.29 is 9.18 Å². The van der Waals surface area contributed by atoms with Crippen molar-refractivity contribution >= 4 is 17.8 Å². The van der Waals surface area contributed by atoms with Crippen molar-refractivity contribution in [1.82, 2.24) is 25.5 Å². The Labute approximate surface area is 169 Å². The molecule has 3 rings (SSSR count). The van der Waals surface area contributed by atoms with Crippen LogP contribution in [-0.2, 0) is 11.3 Å². The molecule has 0 bridgehead atoms. The van der Waals surface area contributed by atoms with Crippen LogP contribution in [0.25, 0.3) is 0 Å². The smallest absolute Gasteiger partial charge is 0.225 e. The zero-order valence-electron chi connectivity index (χ0n) is 16.5. The van der Waals surface area contributed by atoms with E-state index >= 15 is 0 Å². The first kappa shape index (κ1) is 20.5. The van der Waals surface area contributed by atoms with Gasteiger partial charge in [-0.15, -0.1) is 0 Å². The number of carbonyl (C=O) groups excluding carboxylic acids is 1. The number of nitrogens with one attached hydrogen (secondary N) is 2. The van der Waals surface area contributed by atoms with Gasteiger partial charge in [0, 0.05) is 65.1 Å². The van der Waals surface area contributed by atoms with E-state index in [1.54, 1.807) is 37.6 Å². The number of piperazine rings is 1. The molecule has 1 saturated heterocycles. The van der Waals surface area contributed by atoms with E-state index in [2.05, 4.69) is 30.5 Å². The average Bonchev–Trinajstić information content (AvgIpc) is 2.78. The molecule has 1 aliphatic heterocycles.